The highest BCUT2D eigenvalue weighted by Gasteiger charge is 2.24. The van der Waals surface area contributed by atoms with Crippen LogP contribution in [-0.4, -0.2) is 19.4 Å². The number of para-hydroxylation sites is 1. The third-order valence-electron chi connectivity index (χ3n) is 3.54. The maximum absolute atomic E-state index is 11.5. The summed E-state index contributed by atoms with van der Waals surface area (Å²) in [6, 6.07) is 11.1. The van der Waals surface area contributed by atoms with Gasteiger partial charge in [0.15, 0.2) is 0 Å². The summed E-state index contributed by atoms with van der Waals surface area (Å²) in [5.74, 6) is 0.454. The molecule has 0 saturated heterocycles. The molecule has 0 radical (unpaired) electrons. The highest BCUT2D eigenvalue weighted by Crippen LogP contribution is 2.33. The topological polar surface area (TPSA) is 104 Å². The molecule has 0 saturated carbocycles. The quantitative estimate of drug-likeness (QED) is 0.406. The molecule has 0 aliphatic rings. The van der Waals surface area contributed by atoms with Crippen LogP contribution in [0.25, 0.3) is 16.6 Å². The first-order valence-electron chi connectivity index (χ1n) is 6.82. The van der Waals surface area contributed by atoms with Gasteiger partial charge in [0.2, 0.25) is 0 Å². The Labute approximate surface area is 140 Å². The van der Waals surface area contributed by atoms with E-state index < -0.39 is 15.5 Å². The Hall–Kier alpha value is -3.20. The molecule has 3 rings (SSSR count). The molecule has 0 aliphatic carbocycles. The molecule has 1 aromatic heterocycles. The number of fused-ring (bicyclic) bond motifs is 1. The molecule has 8 nitrogen and oxygen atoms in total. The Morgan fingerprint density at radius 1 is 1.08 bits per heavy atom. The Morgan fingerprint density at radius 2 is 1.75 bits per heavy atom. The lowest BCUT2D eigenvalue weighted by molar-refractivity contribution is -0.393. The van der Waals surface area contributed by atoms with Gasteiger partial charge >= 0.3 is 5.69 Å². The summed E-state index contributed by atoms with van der Waals surface area (Å²) in [6.07, 6.45) is 0. The fourth-order valence-electron chi connectivity index (χ4n) is 2.56. The minimum absolute atomic E-state index is 0.0847. The molecule has 3 aromatic rings. The molecule has 0 N–H and O–H groups in total. The van der Waals surface area contributed by atoms with Gasteiger partial charge in [-0.25, -0.2) is 4.98 Å². The SMILES string of the molecule is Cc1nc(=S)c2cc([N+](=O)[O-])cc([N+](=O)[O-])c2n1-c1ccccc1. The van der Waals surface area contributed by atoms with E-state index in [-0.39, 0.29) is 21.2 Å². The van der Waals surface area contributed by atoms with Crippen molar-refractivity contribution in [2.75, 3.05) is 0 Å². The summed E-state index contributed by atoms with van der Waals surface area (Å²) in [6.45, 7) is 1.67. The minimum Gasteiger partial charge on any atom is -0.292 e. The molecule has 0 amide bonds. The third kappa shape index (κ3) is 2.50. The first-order chi connectivity index (χ1) is 11.4. The number of non-ortho nitro benzene ring substituents is 2. The monoisotopic (exact) mass is 342 g/mol. The van der Waals surface area contributed by atoms with Crippen LogP contribution >= 0.6 is 12.2 Å². The fourth-order valence-corrected chi connectivity index (χ4v) is 2.85. The zero-order valence-corrected chi connectivity index (χ0v) is 13.2. The van der Waals surface area contributed by atoms with Gasteiger partial charge in [-0.3, -0.25) is 24.8 Å². The van der Waals surface area contributed by atoms with E-state index in [0.717, 1.165) is 6.07 Å². The standard InChI is InChI=1S/C15H10N4O4S/c1-9-16-15(24)12-7-11(18(20)21)8-13(19(22)23)14(12)17(9)10-5-3-2-4-6-10/h2-8H,1H3. The normalized spacial score (nSPS) is 10.7. The van der Waals surface area contributed by atoms with E-state index in [4.69, 9.17) is 12.2 Å². The zero-order chi connectivity index (χ0) is 17.4. The summed E-state index contributed by atoms with van der Waals surface area (Å²) in [5, 5.41) is 22.8. The van der Waals surface area contributed by atoms with Crippen LogP contribution in [0.2, 0.25) is 0 Å². The number of aromatic nitrogens is 2. The minimum atomic E-state index is -0.687. The van der Waals surface area contributed by atoms with Crippen molar-refractivity contribution in [2.24, 2.45) is 0 Å². The molecule has 120 valence electrons. The van der Waals surface area contributed by atoms with Crippen molar-refractivity contribution in [3.8, 4) is 5.69 Å². The number of hydrogen-bond donors (Lipinski definition) is 0. The molecule has 0 spiro atoms. The zero-order valence-electron chi connectivity index (χ0n) is 12.4. The second-order valence-corrected chi connectivity index (χ2v) is 5.40. The Morgan fingerprint density at radius 3 is 2.33 bits per heavy atom. The van der Waals surface area contributed by atoms with Crippen molar-refractivity contribution in [1.82, 2.24) is 9.55 Å². The number of aryl methyl sites for hydroxylation is 1. The van der Waals surface area contributed by atoms with E-state index >= 15 is 0 Å². The molecular formula is C15H10N4O4S. The molecule has 2 aromatic carbocycles. The van der Waals surface area contributed by atoms with Crippen LogP contribution in [0.5, 0.6) is 0 Å². The van der Waals surface area contributed by atoms with Gasteiger partial charge in [-0.2, -0.15) is 0 Å². The van der Waals surface area contributed by atoms with Gasteiger partial charge in [-0.15, -0.1) is 0 Å². The van der Waals surface area contributed by atoms with Gasteiger partial charge < -0.3 is 0 Å². The molecule has 0 atom stereocenters. The number of benzene rings is 2. The van der Waals surface area contributed by atoms with Crippen molar-refractivity contribution in [3.05, 3.63) is 73.2 Å². The highest BCUT2D eigenvalue weighted by molar-refractivity contribution is 7.71. The van der Waals surface area contributed by atoms with Gasteiger partial charge in [-0.05, 0) is 19.1 Å². The highest BCUT2D eigenvalue weighted by atomic mass is 32.1. The Balaban J connectivity index is 2.56. The van der Waals surface area contributed by atoms with E-state index in [0.29, 0.717) is 11.5 Å². The number of nitro benzene ring substituents is 2. The Bertz CT molecular complexity index is 1050. The smallest absolute Gasteiger partial charge is 0.292 e. The maximum atomic E-state index is 11.5. The van der Waals surface area contributed by atoms with Gasteiger partial charge in [0, 0.05) is 17.1 Å². The number of rotatable bonds is 3. The third-order valence-corrected chi connectivity index (χ3v) is 3.85. The lowest BCUT2D eigenvalue weighted by Crippen LogP contribution is -2.08. The van der Waals surface area contributed by atoms with E-state index in [1.165, 1.54) is 6.07 Å². The molecule has 0 unspecified atom stereocenters. The molecule has 0 bridgehead atoms. The lowest BCUT2D eigenvalue weighted by Gasteiger charge is -2.14. The summed E-state index contributed by atoms with van der Waals surface area (Å²) in [7, 11) is 0. The van der Waals surface area contributed by atoms with Crippen LogP contribution in [0.4, 0.5) is 11.4 Å². The average molecular weight is 342 g/mol. The van der Waals surface area contributed by atoms with Crippen molar-refractivity contribution >= 4 is 34.5 Å². The van der Waals surface area contributed by atoms with Gasteiger partial charge in [0.1, 0.15) is 16.0 Å². The summed E-state index contributed by atoms with van der Waals surface area (Å²) >= 11 is 5.17. The molecule has 24 heavy (non-hydrogen) atoms. The molecule has 9 heteroatoms. The van der Waals surface area contributed by atoms with Crippen LogP contribution in [0.3, 0.4) is 0 Å². The van der Waals surface area contributed by atoms with Crippen molar-refractivity contribution in [3.63, 3.8) is 0 Å². The van der Waals surface area contributed by atoms with E-state index in [9.17, 15) is 20.2 Å². The first-order valence-corrected chi connectivity index (χ1v) is 7.22. The van der Waals surface area contributed by atoms with Crippen LogP contribution in [-0.2, 0) is 0 Å². The largest absolute Gasteiger partial charge is 0.300 e. The fraction of sp³-hybridized carbons (Fsp3) is 0.0667. The van der Waals surface area contributed by atoms with Gasteiger partial charge in [0.25, 0.3) is 5.69 Å². The van der Waals surface area contributed by atoms with Crippen LogP contribution in [0.15, 0.2) is 42.5 Å². The van der Waals surface area contributed by atoms with E-state index in [2.05, 4.69) is 4.98 Å². The number of hydrogen-bond acceptors (Lipinski definition) is 6. The van der Waals surface area contributed by atoms with Gasteiger partial charge in [0.05, 0.1) is 15.9 Å². The second-order valence-electron chi connectivity index (χ2n) is 5.01. The average Bonchev–Trinajstić information content (AvgIpc) is 2.54. The Kier molecular flexibility index (Phi) is 3.78. The van der Waals surface area contributed by atoms with E-state index in [1.807, 2.05) is 6.07 Å². The van der Waals surface area contributed by atoms with Gasteiger partial charge in [-0.1, -0.05) is 30.4 Å². The second kappa shape index (κ2) is 5.78. The van der Waals surface area contributed by atoms with Crippen LogP contribution in [0.1, 0.15) is 5.82 Å². The van der Waals surface area contributed by atoms with Crippen molar-refractivity contribution in [1.29, 1.82) is 0 Å². The maximum Gasteiger partial charge on any atom is 0.300 e. The van der Waals surface area contributed by atoms with Crippen LogP contribution < -0.4 is 0 Å². The number of nitrogens with zero attached hydrogens (tertiary/aromatic N) is 4. The summed E-state index contributed by atoms with van der Waals surface area (Å²) in [4.78, 5) is 25.5. The van der Waals surface area contributed by atoms with Crippen LogP contribution in [0, 0.1) is 31.8 Å². The van der Waals surface area contributed by atoms with Crippen molar-refractivity contribution in [2.45, 2.75) is 6.92 Å². The molecule has 1 heterocycles. The predicted molar refractivity (Wildman–Crippen MR) is 89.9 cm³/mol. The summed E-state index contributed by atoms with van der Waals surface area (Å²) in [5.41, 5.74) is 0.0546. The van der Waals surface area contributed by atoms with E-state index in [1.54, 1.807) is 35.8 Å². The number of nitro groups is 2. The first kappa shape index (κ1) is 15.7. The molecule has 0 fully saturated rings. The molecular weight excluding hydrogens is 332 g/mol. The molecule has 0 aliphatic heterocycles. The van der Waals surface area contributed by atoms with Crippen molar-refractivity contribution < 1.29 is 9.85 Å². The summed E-state index contributed by atoms with van der Waals surface area (Å²) < 4.78 is 1.66. The predicted octanol–water partition coefficient (Wildman–Crippen LogP) is 3.88. The lowest BCUT2D eigenvalue weighted by atomic mass is 10.1.